The highest BCUT2D eigenvalue weighted by Gasteiger charge is 2.70. The highest BCUT2D eigenvalue weighted by molar-refractivity contribution is 5.79. The molecule has 10 fully saturated rings. The van der Waals surface area contributed by atoms with Crippen LogP contribution in [0.4, 0.5) is 0 Å². The van der Waals surface area contributed by atoms with E-state index in [9.17, 15) is 81.7 Å². The Bertz CT molecular complexity index is 2580. The van der Waals surface area contributed by atoms with Crippen LogP contribution in [0.25, 0.3) is 0 Å². The fraction of sp³-hybridized carbons (Fsp3) is 0.952. The van der Waals surface area contributed by atoms with Gasteiger partial charge in [0.1, 0.15) is 122 Å². The van der Waals surface area contributed by atoms with Gasteiger partial charge in [-0.2, -0.15) is 0 Å². The molecule has 35 atom stereocenters. The van der Waals surface area contributed by atoms with Crippen molar-refractivity contribution in [2.45, 2.75) is 292 Å². The Hall–Kier alpha value is -1.87. The standard InChI is InChI=1S/C63H102O29/c1-25-48(89-56-47(79)50(39(71)30(20-64)85-56)91-52-43(75)37(69)29(67)23-82-52)40(72)45(77)54(84-25)88-35-12-13-60(6)33(59(35,4)5)11-14-62(8)34(60)10-9-26-27-19-58(2,3)15-17-63(27,18-16-61(26,62)7)57(80)92-55-46(78)41(73)49(31(21-65)86-55)90-53-44(76)38(70)32(24-83-53)87-51-42(74)36(68)28(66)22-81-51/h9,25,27-56,64-79H,10-24H2,1-8H3/t25?,27?,28?,29?,30?,31?,32?,33?,34?,35-,36?,37?,38?,39?,40?,41?,42?,43?,44?,45?,46?,47?,48?,49?,50?,51?,52?,53?,54?,55?,56?,60-,61+,62+,63-/m0/s1. The summed E-state index contributed by atoms with van der Waals surface area (Å²) in [4.78, 5) is 15.2. The van der Waals surface area contributed by atoms with Crippen LogP contribution in [-0.4, -0.2) is 293 Å². The maximum absolute atomic E-state index is 15.2. The summed E-state index contributed by atoms with van der Waals surface area (Å²) in [6.45, 7) is 14.7. The number of rotatable bonds is 14. The van der Waals surface area contributed by atoms with Crippen molar-refractivity contribution >= 4 is 5.97 Å². The van der Waals surface area contributed by atoms with Gasteiger partial charge in [-0.05, 0) is 116 Å². The van der Waals surface area contributed by atoms with Gasteiger partial charge in [0.15, 0.2) is 31.5 Å². The Balaban J connectivity index is 0.737. The van der Waals surface area contributed by atoms with Gasteiger partial charge in [0.05, 0.1) is 50.7 Å². The number of hydrogen-bond donors (Lipinski definition) is 16. The van der Waals surface area contributed by atoms with Crippen LogP contribution < -0.4 is 0 Å². The number of aliphatic hydroxyl groups excluding tert-OH is 16. The molecule has 6 saturated heterocycles. The highest BCUT2D eigenvalue weighted by Crippen LogP contribution is 2.76. The fourth-order valence-electron chi connectivity index (χ4n) is 18.6. The van der Waals surface area contributed by atoms with E-state index in [1.165, 1.54) is 5.57 Å². The minimum absolute atomic E-state index is 0.134. The van der Waals surface area contributed by atoms with Gasteiger partial charge < -0.3 is 139 Å². The Kier molecular flexibility index (Phi) is 20.7. The zero-order valence-electron chi connectivity index (χ0n) is 53.5. The lowest BCUT2D eigenvalue weighted by Crippen LogP contribution is -2.67. The molecular weight excluding hydrogens is 1220 g/mol. The molecule has 11 rings (SSSR count). The SMILES string of the molecule is CC1OC(O[C@H]2CC[C@@]3(C)C(CC[C@]4(C)C3CC=C3C5CC(C)(C)CC[C@]5(C(=O)OC5OC(CO)C(OC6OCC(OC7OCC(O)C(O)C7O)C(O)C6O)C(O)C5O)CC[C@]34C)C2(C)C)C(O)C(O)C1OC1OC(CO)C(O)C(OC2OCC(O)C(O)C2O)C1O. The van der Waals surface area contributed by atoms with Crippen molar-refractivity contribution in [3.63, 3.8) is 0 Å². The summed E-state index contributed by atoms with van der Waals surface area (Å²) >= 11 is 0. The molecule has 0 aromatic heterocycles. The lowest BCUT2D eigenvalue weighted by molar-refractivity contribution is -0.378. The number of ether oxygens (including phenoxy) is 12. The monoisotopic (exact) mass is 1320 g/mol. The number of carbonyl (C=O) groups is 1. The first kappa shape index (κ1) is 71.4. The first-order valence-electron chi connectivity index (χ1n) is 32.9. The molecule has 0 amide bonds. The maximum Gasteiger partial charge on any atom is 0.315 e. The van der Waals surface area contributed by atoms with E-state index in [0.29, 0.717) is 38.5 Å². The molecule has 0 spiro atoms. The zero-order valence-corrected chi connectivity index (χ0v) is 53.5. The van der Waals surface area contributed by atoms with E-state index in [-0.39, 0.29) is 46.0 Å². The van der Waals surface area contributed by atoms with Crippen LogP contribution in [-0.2, 0) is 61.6 Å². The lowest BCUT2D eigenvalue weighted by Gasteiger charge is -2.71. The molecule has 4 saturated carbocycles. The van der Waals surface area contributed by atoms with E-state index < -0.39 is 215 Å². The summed E-state index contributed by atoms with van der Waals surface area (Å²) in [6.07, 6.45) is -34.0. The predicted molar refractivity (Wildman–Crippen MR) is 309 cm³/mol. The van der Waals surface area contributed by atoms with E-state index >= 15 is 4.79 Å². The summed E-state index contributed by atoms with van der Waals surface area (Å²) in [5.41, 5.74) is -1.24. The van der Waals surface area contributed by atoms with Gasteiger partial charge in [-0.1, -0.05) is 60.1 Å². The molecule has 16 N–H and O–H groups in total. The number of allylic oxidation sites excluding steroid dienone is 2. The third kappa shape index (κ3) is 12.2. The van der Waals surface area contributed by atoms with Crippen LogP contribution in [0.15, 0.2) is 11.6 Å². The highest BCUT2D eigenvalue weighted by atomic mass is 16.8. The topological polar surface area (TPSA) is 452 Å². The van der Waals surface area contributed by atoms with Crippen molar-refractivity contribution in [3.05, 3.63) is 11.6 Å². The summed E-state index contributed by atoms with van der Waals surface area (Å²) < 4.78 is 70.5. The van der Waals surface area contributed by atoms with Crippen molar-refractivity contribution in [1.29, 1.82) is 0 Å². The average molecular weight is 1320 g/mol. The predicted octanol–water partition coefficient (Wildman–Crippen LogP) is -3.44. The van der Waals surface area contributed by atoms with Crippen LogP contribution >= 0.6 is 0 Å². The molecule has 0 aromatic rings. The van der Waals surface area contributed by atoms with Gasteiger partial charge in [-0.15, -0.1) is 0 Å². The van der Waals surface area contributed by atoms with E-state index in [0.717, 1.165) is 25.7 Å². The first-order chi connectivity index (χ1) is 43.2. The molecule has 92 heavy (non-hydrogen) atoms. The number of hydrogen-bond acceptors (Lipinski definition) is 29. The summed E-state index contributed by atoms with van der Waals surface area (Å²) in [6, 6.07) is 0. The Morgan fingerprint density at radius 2 is 1.03 bits per heavy atom. The van der Waals surface area contributed by atoms with Gasteiger partial charge in [0.25, 0.3) is 0 Å². The largest absolute Gasteiger partial charge is 0.432 e. The first-order valence-corrected chi connectivity index (χ1v) is 32.9. The second-order valence-electron chi connectivity index (χ2n) is 30.5. The molecule has 0 bridgehead atoms. The normalized spacial score (nSPS) is 54.3. The molecule has 11 aliphatic rings. The third-order valence-corrected chi connectivity index (χ3v) is 24.4. The molecule has 29 heteroatoms. The number of aliphatic hydroxyl groups is 16. The van der Waals surface area contributed by atoms with Gasteiger partial charge in [0, 0.05) is 0 Å². The minimum atomic E-state index is -1.90. The lowest BCUT2D eigenvalue weighted by atomic mass is 9.33. The second-order valence-corrected chi connectivity index (χ2v) is 30.5. The minimum Gasteiger partial charge on any atom is -0.432 e. The molecule has 528 valence electrons. The molecule has 5 aliphatic carbocycles. The van der Waals surface area contributed by atoms with Crippen molar-refractivity contribution in [2.75, 3.05) is 33.0 Å². The molecule has 29 nitrogen and oxygen atoms in total. The third-order valence-electron chi connectivity index (χ3n) is 24.4. The fourth-order valence-corrected chi connectivity index (χ4v) is 18.6. The van der Waals surface area contributed by atoms with E-state index in [1.807, 2.05) is 0 Å². The second kappa shape index (κ2) is 26.7. The van der Waals surface area contributed by atoms with Crippen molar-refractivity contribution in [1.82, 2.24) is 0 Å². The van der Waals surface area contributed by atoms with Crippen LogP contribution in [0, 0.1) is 50.2 Å². The van der Waals surface area contributed by atoms with Crippen molar-refractivity contribution < 1.29 is 143 Å². The van der Waals surface area contributed by atoms with Gasteiger partial charge >= 0.3 is 5.97 Å². The zero-order chi connectivity index (χ0) is 66.9. The molecule has 30 unspecified atom stereocenters. The Morgan fingerprint density at radius 1 is 0.500 bits per heavy atom. The number of fused-ring (bicyclic) bond motifs is 7. The van der Waals surface area contributed by atoms with E-state index in [4.69, 9.17) is 56.8 Å². The molecule has 6 aliphatic heterocycles. The molecule has 6 heterocycles. The van der Waals surface area contributed by atoms with Gasteiger partial charge in [-0.3, -0.25) is 4.79 Å². The van der Waals surface area contributed by atoms with Crippen molar-refractivity contribution in [3.8, 4) is 0 Å². The average Bonchev–Trinajstić information content (AvgIpc) is 0.676. The van der Waals surface area contributed by atoms with Crippen LogP contribution in [0.3, 0.4) is 0 Å². The van der Waals surface area contributed by atoms with Crippen LogP contribution in [0.2, 0.25) is 0 Å². The van der Waals surface area contributed by atoms with Crippen LogP contribution in [0.1, 0.15) is 120 Å². The summed E-state index contributed by atoms with van der Waals surface area (Å²) in [5.74, 6) is -0.505. The molecular formula is C63H102O29. The smallest absolute Gasteiger partial charge is 0.315 e. The molecule has 0 aromatic carbocycles. The van der Waals surface area contributed by atoms with Crippen molar-refractivity contribution in [2.24, 2.45) is 50.2 Å². The summed E-state index contributed by atoms with van der Waals surface area (Å²) in [7, 11) is 0. The van der Waals surface area contributed by atoms with Gasteiger partial charge in [0.2, 0.25) is 6.29 Å². The maximum atomic E-state index is 15.2. The van der Waals surface area contributed by atoms with Gasteiger partial charge in [-0.25, -0.2) is 0 Å². The Labute approximate surface area is 534 Å². The van der Waals surface area contributed by atoms with E-state index in [2.05, 4.69) is 54.5 Å². The Morgan fingerprint density at radius 3 is 1.67 bits per heavy atom. The number of esters is 1. The molecule has 0 radical (unpaired) electrons. The number of carbonyl (C=O) groups excluding carboxylic acids is 1. The summed E-state index contributed by atoms with van der Waals surface area (Å²) in [5, 5.41) is 173. The van der Waals surface area contributed by atoms with E-state index in [1.54, 1.807) is 6.92 Å². The quantitative estimate of drug-likeness (QED) is 0.0457. The van der Waals surface area contributed by atoms with Crippen LogP contribution in [0.5, 0.6) is 0 Å².